The molecule has 7 heteroatoms. The Hall–Kier alpha value is -3.48. The van der Waals surface area contributed by atoms with Crippen LogP contribution in [0.4, 0.5) is 0 Å². The van der Waals surface area contributed by atoms with Gasteiger partial charge in [0, 0.05) is 28.2 Å². The van der Waals surface area contributed by atoms with Crippen LogP contribution in [0.15, 0.2) is 41.6 Å². The maximum Gasteiger partial charge on any atom is 0.271 e. The summed E-state index contributed by atoms with van der Waals surface area (Å²) in [6, 6.07) is 8.03. The van der Waals surface area contributed by atoms with Crippen molar-refractivity contribution in [1.82, 2.24) is 10.4 Å². The lowest BCUT2D eigenvalue weighted by Crippen LogP contribution is -2.17. The molecule has 1 aromatic heterocycles. The van der Waals surface area contributed by atoms with E-state index in [4.69, 9.17) is 0 Å². The Kier molecular flexibility index (Phi) is 3.83. The zero-order valence-electron chi connectivity index (χ0n) is 12.7. The molecule has 2 aromatic carbocycles. The van der Waals surface area contributed by atoms with E-state index in [2.05, 4.69) is 15.5 Å². The summed E-state index contributed by atoms with van der Waals surface area (Å²) in [5.41, 5.74) is 5.15. The summed E-state index contributed by atoms with van der Waals surface area (Å²) in [4.78, 5) is 15.1. The maximum absolute atomic E-state index is 12.0. The summed E-state index contributed by atoms with van der Waals surface area (Å²) >= 11 is 0. The Balaban J connectivity index is 1.78. The van der Waals surface area contributed by atoms with Crippen molar-refractivity contribution in [2.24, 2.45) is 5.10 Å². The number of phenolic OH excluding ortho intramolecular Hbond substituents is 3. The van der Waals surface area contributed by atoms with E-state index in [-0.39, 0.29) is 5.56 Å². The van der Waals surface area contributed by atoms with Crippen LogP contribution in [0, 0.1) is 6.92 Å². The van der Waals surface area contributed by atoms with Crippen LogP contribution in [0.25, 0.3) is 10.9 Å². The average Bonchev–Trinajstić information content (AvgIpc) is 2.94. The number of amides is 1. The monoisotopic (exact) mass is 325 g/mol. The van der Waals surface area contributed by atoms with Gasteiger partial charge < -0.3 is 20.3 Å². The summed E-state index contributed by atoms with van der Waals surface area (Å²) in [7, 11) is 0. The van der Waals surface area contributed by atoms with Crippen LogP contribution >= 0.6 is 0 Å². The van der Waals surface area contributed by atoms with Gasteiger partial charge in [0.15, 0.2) is 17.2 Å². The Morgan fingerprint density at radius 2 is 1.88 bits per heavy atom. The van der Waals surface area contributed by atoms with Gasteiger partial charge >= 0.3 is 0 Å². The highest BCUT2D eigenvalue weighted by Gasteiger charge is 2.13. The minimum absolute atomic E-state index is 0.0327. The fraction of sp³-hybridized carbons (Fsp3) is 0.0588. The van der Waals surface area contributed by atoms with Gasteiger partial charge in [-0.25, -0.2) is 5.43 Å². The maximum atomic E-state index is 12.0. The second-order valence-electron chi connectivity index (χ2n) is 5.36. The summed E-state index contributed by atoms with van der Waals surface area (Å²) in [5.74, 6) is -2.48. The van der Waals surface area contributed by atoms with Crippen LogP contribution < -0.4 is 5.43 Å². The van der Waals surface area contributed by atoms with Crippen molar-refractivity contribution in [3.8, 4) is 17.2 Å². The SMILES string of the molecule is Cc1ccc2[nH]cc(/C=N/NC(=O)c3cc(O)c(O)c(O)c3)c2c1. The Labute approximate surface area is 136 Å². The lowest BCUT2D eigenvalue weighted by Gasteiger charge is -2.04. The molecule has 5 N–H and O–H groups in total. The number of fused-ring (bicyclic) bond motifs is 1. The normalized spacial score (nSPS) is 11.2. The van der Waals surface area contributed by atoms with Crippen molar-refractivity contribution >= 4 is 23.0 Å². The first-order valence-electron chi connectivity index (χ1n) is 7.12. The number of rotatable bonds is 3. The fourth-order valence-corrected chi connectivity index (χ4v) is 2.32. The molecule has 122 valence electrons. The van der Waals surface area contributed by atoms with E-state index in [1.165, 1.54) is 6.21 Å². The lowest BCUT2D eigenvalue weighted by atomic mass is 10.1. The minimum Gasteiger partial charge on any atom is -0.504 e. The second kappa shape index (κ2) is 5.96. The molecule has 0 aliphatic heterocycles. The van der Waals surface area contributed by atoms with Gasteiger partial charge in [-0.1, -0.05) is 11.6 Å². The molecule has 0 spiro atoms. The van der Waals surface area contributed by atoms with Crippen LogP contribution in [0.2, 0.25) is 0 Å². The molecular formula is C17H15N3O4. The van der Waals surface area contributed by atoms with Gasteiger partial charge in [-0.3, -0.25) is 4.79 Å². The molecule has 0 radical (unpaired) electrons. The minimum atomic E-state index is -0.677. The fourth-order valence-electron chi connectivity index (χ4n) is 2.32. The molecule has 1 amide bonds. The molecule has 0 saturated heterocycles. The molecule has 0 atom stereocenters. The summed E-state index contributed by atoms with van der Waals surface area (Å²) in [5, 5.41) is 33.0. The molecule has 24 heavy (non-hydrogen) atoms. The number of carbonyl (C=O) groups is 1. The predicted octanol–water partition coefficient (Wildman–Crippen LogP) is 2.36. The highest BCUT2D eigenvalue weighted by atomic mass is 16.3. The van der Waals surface area contributed by atoms with E-state index in [1.54, 1.807) is 6.20 Å². The van der Waals surface area contributed by atoms with Crippen LogP contribution in [0.3, 0.4) is 0 Å². The first-order chi connectivity index (χ1) is 11.5. The van der Waals surface area contributed by atoms with Crippen molar-refractivity contribution < 1.29 is 20.1 Å². The number of carbonyl (C=O) groups excluding carboxylic acids is 1. The average molecular weight is 325 g/mol. The van der Waals surface area contributed by atoms with Gasteiger partial charge in [0.25, 0.3) is 5.91 Å². The molecule has 0 fully saturated rings. The quantitative estimate of drug-likeness (QED) is 0.288. The highest BCUT2D eigenvalue weighted by molar-refractivity contribution is 6.00. The summed E-state index contributed by atoms with van der Waals surface area (Å²) in [6.45, 7) is 1.99. The molecule has 3 aromatic rings. The first-order valence-corrected chi connectivity index (χ1v) is 7.12. The number of aromatic hydroxyl groups is 3. The number of hydrogen-bond acceptors (Lipinski definition) is 5. The molecule has 0 aliphatic rings. The summed E-state index contributed by atoms with van der Waals surface area (Å²) in [6.07, 6.45) is 3.27. The molecular weight excluding hydrogens is 310 g/mol. The summed E-state index contributed by atoms with van der Waals surface area (Å²) < 4.78 is 0. The molecule has 7 nitrogen and oxygen atoms in total. The zero-order valence-corrected chi connectivity index (χ0v) is 12.7. The third-order valence-electron chi connectivity index (χ3n) is 3.57. The molecule has 0 aliphatic carbocycles. The van der Waals surface area contributed by atoms with E-state index in [0.29, 0.717) is 0 Å². The Morgan fingerprint density at radius 3 is 2.58 bits per heavy atom. The van der Waals surface area contributed by atoms with E-state index in [1.807, 2.05) is 25.1 Å². The van der Waals surface area contributed by atoms with Crippen LogP contribution in [-0.2, 0) is 0 Å². The number of nitrogens with zero attached hydrogens (tertiary/aromatic N) is 1. The largest absolute Gasteiger partial charge is 0.504 e. The number of benzene rings is 2. The number of aromatic nitrogens is 1. The van der Waals surface area contributed by atoms with Gasteiger partial charge in [-0.15, -0.1) is 0 Å². The molecule has 0 bridgehead atoms. The first kappa shape index (κ1) is 15.4. The van der Waals surface area contributed by atoms with E-state index in [9.17, 15) is 20.1 Å². The lowest BCUT2D eigenvalue weighted by molar-refractivity contribution is 0.0954. The van der Waals surface area contributed by atoms with Gasteiger partial charge in [-0.2, -0.15) is 5.10 Å². The van der Waals surface area contributed by atoms with Crippen molar-refractivity contribution in [2.45, 2.75) is 6.92 Å². The van der Waals surface area contributed by atoms with Crippen molar-refractivity contribution in [1.29, 1.82) is 0 Å². The Bertz CT molecular complexity index is 937. The topological polar surface area (TPSA) is 118 Å². The molecule has 0 saturated carbocycles. The van der Waals surface area contributed by atoms with E-state index >= 15 is 0 Å². The van der Waals surface area contributed by atoms with Crippen LogP contribution in [0.5, 0.6) is 17.2 Å². The van der Waals surface area contributed by atoms with Crippen molar-refractivity contribution in [3.05, 3.63) is 53.2 Å². The molecule has 0 unspecified atom stereocenters. The van der Waals surface area contributed by atoms with Gasteiger partial charge in [0.1, 0.15) is 0 Å². The van der Waals surface area contributed by atoms with Gasteiger partial charge in [-0.05, 0) is 31.2 Å². The third-order valence-corrected chi connectivity index (χ3v) is 3.57. The number of hydrogen-bond donors (Lipinski definition) is 5. The van der Waals surface area contributed by atoms with E-state index < -0.39 is 23.2 Å². The third kappa shape index (κ3) is 2.87. The predicted molar refractivity (Wildman–Crippen MR) is 89.5 cm³/mol. The van der Waals surface area contributed by atoms with Crippen LogP contribution in [-0.4, -0.2) is 32.4 Å². The molecule has 1 heterocycles. The van der Waals surface area contributed by atoms with Crippen LogP contribution in [0.1, 0.15) is 21.5 Å². The number of nitrogens with one attached hydrogen (secondary N) is 2. The number of aryl methyl sites for hydroxylation is 1. The standard InChI is InChI=1S/C17H15N3O4/c1-9-2-3-13-12(4-9)11(7-18-13)8-19-20-17(24)10-5-14(21)16(23)15(22)6-10/h2-8,18,21-23H,1H3,(H,20,24)/b19-8+. The number of hydrazone groups is 1. The zero-order chi connectivity index (χ0) is 17.3. The highest BCUT2D eigenvalue weighted by Crippen LogP contribution is 2.35. The molecule has 3 rings (SSSR count). The van der Waals surface area contributed by atoms with Gasteiger partial charge in [0.05, 0.1) is 6.21 Å². The number of phenols is 3. The second-order valence-corrected chi connectivity index (χ2v) is 5.36. The smallest absolute Gasteiger partial charge is 0.271 e. The van der Waals surface area contributed by atoms with Crippen molar-refractivity contribution in [3.63, 3.8) is 0 Å². The van der Waals surface area contributed by atoms with Gasteiger partial charge in [0.2, 0.25) is 0 Å². The van der Waals surface area contributed by atoms with Crippen molar-refractivity contribution in [2.75, 3.05) is 0 Å². The number of H-pyrrole nitrogens is 1. The van der Waals surface area contributed by atoms with E-state index in [0.717, 1.165) is 34.2 Å². The Morgan fingerprint density at radius 1 is 1.17 bits per heavy atom. The number of aromatic amines is 1.